The number of hydrogen-bond donors (Lipinski definition) is 1. The Morgan fingerprint density at radius 2 is 1.04 bits per heavy atom. The fourth-order valence-corrected chi connectivity index (χ4v) is 6.95. The molecule has 8 aromatic rings. The molecule has 6 aromatic carbocycles. The Bertz CT molecular complexity index is 2620. The van der Waals surface area contributed by atoms with Gasteiger partial charge >= 0.3 is 11.9 Å². The lowest BCUT2D eigenvalue weighted by Gasteiger charge is -2.09. The van der Waals surface area contributed by atoms with Gasteiger partial charge in [-0.1, -0.05) is 108 Å². The maximum Gasteiger partial charge on any atom is 0.338 e. The van der Waals surface area contributed by atoms with Crippen LogP contribution < -0.4 is 0 Å². The summed E-state index contributed by atoms with van der Waals surface area (Å²) in [6.45, 7) is 1.44. The van der Waals surface area contributed by atoms with Crippen molar-refractivity contribution >= 4 is 56.9 Å². The summed E-state index contributed by atoms with van der Waals surface area (Å²) >= 11 is 12.0. The topological polar surface area (TPSA) is 99.2 Å². The molecule has 0 unspecified atom stereocenters. The molecule has 10 heteroatoms. The first-order valence-corrected chi connectivity index (χ1v) is 18.3. The van der Waals surface area contributed by atoms with E-state index in [1.807, 2.05) is 76.4 Å². The predicted molar refractivity (Wildman–Crippen MR) is 217 cm³/mol. The molecule has 0 bridgehead atoms. The quantitative estimate of drug-likeness (QED) is 0.139. The van der Waals surface area contributed by atoms with E-state index >= 15 is 0 Å². The maximum absolute atomic E-state index is 12.1. The van der Waals surface area contributed by atoms with Crippen LogP contribution in [-0.2, 0) is 30.7 Å². The zero-order valence-electron chi connectivity index (χ0n) is 29.9. The van der Waals surface area contributed by atoms with Crippen molar-refractivity contribution in [3.05, 3.63) is 200 Å². The van der Waals surface area contributed by atoms with E-state index in [0.717, 1.165) is 50.6 Å². The third-order valence-corrected chi connectivity index (χ3v) is 9.80. The average Bonchev–Trinajstić information content (AvgIpc) is 3.79. The van der Waals surface area contributed by atoms with Crippen LogP contribution in [0.2, 0.25) is 10.0 Å². The number of benzene rings is 6. The highest BCUT2D eigenvalue weighted by molar-refractivity contribution is 6.31. The molecule has 0 spiro atoms. The minimum Gasteiger partial charge on any atom is -0.478 e. The monoisotopic (exact) mass is 766 g/mol. The fraction of sp³-hybridized carbons (Fsp3) is 0.111. The molecule has 0 radical (unpaired) electrons. The van der Waals surface area contributed by atoms with Crippen molar-refractivity contribution in [2.75, 3.05) is 7.11 Å². The smallest absolute Gasteiger partial charge is 0.338 e. The number of aromatic carboxylic acids is 1. The van der Waals surface area contributed by atoms with Crippen molar-refractivity contribution in [1.29, 1.82) is 0 Å². The standard InChI is InChI=1S/C23H19ClN2O2.C22H17ClN2O2/c1-28-23(27)21-13-20(24)9-8-18(21)11-17-7-10-22-19(12-17)14-25-26(22)15-16-5-3-2-4-6-16;23-19-8-7-17(20(12-19)22(26)27)10-16-6-9-21-18(11-16)13-24-25(21)14-15-4-2-1-3-5-15/h2-10,12-14H,11,15H2,1H3;1-9,11-13H,10,14H2,(H,26,27). The molecule has 0 atom stereocenters. The summed E-state index contributed by atoms with van der Waals surface area (Å²) in [4.78, 5) is 23.6. The molecule has 0 fully saturated rings. The highest BCUT2D eigenvalue weighted by Crippen LogP contribution is 2.25. The van der Waals surface area contributed by atoms with Crippen LogP contribution in [0.5, 0.6) is 0 Å². The molecule has 0 saturated carbocycles. The minimum absolute atomic E-state index is 0.238. The van der Waals surface area contributed by atoms with Crippen LogP contribution in [0, 0.1) is 0 Å². The zero-order valence-corrected chi connectivity index (χ0v) is 31.4. The zero-order chi connectivity index (χ0) is 38.3. The summed E-state index contributed by atoms with van der Waals surface area (Å²) in [5.41, 5.74) is 9.02. The highest BCUT2D eigenvalue weighted by Gasteiger charge is 2.15. The van der Waals surface area contributed by atoms with Crippen molar-refractivity contribution in [3.63, 3.8) is 0 Å². The van der Waals surface area contributed by atoms with Crippen LogP contribution >= 0.6 is 23.2 Å². The SMILES string of the molecule is COC(=O)c1cc(Cl)ccc1Cc1ccc2c(cnn2Cc2ccccc2)c1.O=C(O)c1cc(Cl)ccc1Cc1ccc2c(cnn2Cc2ccccc2)c1. The summed E-state index contributed by atoms with van der Waals surface area (Å²) in [5, 5.41) is 21.5. The number of halogens is 2. The van der Waals surface area contributed by atoms with Crippen molar-refractivity contribution in [1.82, 2.24) is 19.6 Å². The van der Waals surface area contributed by atoms with E-state index in [0.29, 0.717) is 35.0 Å². The first-order chi connectivity index (χ1) is 26.7. The fourth-order valence-electron chi connectivity index (χ4n) is 6.60. The Labute approximate surface area is 328 Å². The molecule has 0 aliphatic heterocycles. The predicted octanol–water partition coefficient (Wildman–Crippen LogP) is 10.1. The van der Waals surface area contributed by atoms with Gasteiger partial charge in [0.2, 0.25) is 0 Å². The summed E-state index contributed by atoms with van der Waals surface area (Å²) in [7, 11) is 1.38. The molecule has 55 heavy (non-hydrogen) atoms. The summed E-state index contributed by atoms with van der Waals surface area (Å²) in [5.74, 6) is -1.35. The van der Waals surface area contributed by atoms with Gasteiger partial charge in [-0.3, -0.25) is 9.36 Å². The Hall–Kier alpha value is -6.22. The van der Waals surface area contributed by atoms with E-state index in [9.17, 15) is 14.7 Å². The summed E-state index contributed by atoms with van der Waals surface area (Å²) in [6, 6.07) is 43.1. The van der Waals surface area contributed by atoms with E-state index in [2.05, 4.69) is 58.7 Å². The second-order valence-corrected chi connectivity index (χ2v) is 14.0. The van der Waals surface area contributed by atoms with Gasteiger partial charge in [-0.15, -0.1) is 0 Å². The number of methoxy groups -OCH3 is 1. The molecule has 1 N–H and O–H groups in total. The van der Waals surface area contributed by atoms with E-state index in [4.69, 9.17) is 27.9 Å². The van der Waals surface area contributed by atoms with Crippen LogP contribution in [0.15, 0.2) is 146 Å². The lowest BCUT2D eigenvalue weighted by molar-refractivity contribution is 0.0598. The maximum atomic E-state index is 12.1. The molecule has 274 valence electrons. The van der Waals surface area contributed by atoms with E-state index in [1.165, 1.54) is 24.3 Å². The molecule has 0 saturated heterocycles. The second kappa shape index (κ2) is 16.8. The van der Waals surface area contributed by atoms with Gasteiger partial charge in [0, 0.05) is 20.8 Å². The number of fused-ring (bicyclic) bond motifs is 2. The molecular weight excluding hydrogens is 731 g/mol. The van der Waals surface area contributed by atoms with Crippen LogP contribution in [0.1, 0.15) is 54.1 Å². The highest BCUT2D eigenvalue weighted by atomic mass is 35.5. The lowest BCUT2D eigenvalue weighted by Crippen LogP contribution is -2.06. The molecule has 8 nitrogen and oxygen atoms in total. The Morgan fingerprint density at radius 3 is 1.49 bits per heavy atom. The van der Waals surface area contributed by atoms with E-state index in [-0.39, 0.29) is 11.5 Å². The number of hydrogen-bond acceptors (Lipinski definition) is 5. The molecular formula is C45H36Cl2N4O4. The van der Waals surface area contributed by atoms with Crippen LogP contribution in [0.25, 0.3) is 21.8 Å². The van der Waals surface area contributed by atoms with Gasteiger partial charge in [0.05, 0.1) is 54.8 Å². The normalized spacial score (nSPS) is 11.0. The van der Waals surface area contributed by atoms with Gasteiger partial charge < -0.3 is 9.84 Å². The number of rotatable bonds is 10. The second-order valence-electron chi connectivity index (χ2n) is 13.1. The number of esters is 1. The third kappa shape index (κ3) is 8.95. The largest absolute Gasteiger partial charge is 0.478 e. The number of carbonyl (C=O) groups excluding carboxylic acids is 1. The van der Waals surface area contributed by atoms with E-state index < -0.39 is 5.97 Å². The minimum atomic E-state index is -0.968. The van der Waals surface area contributed by atoms with E-state index in [1.54, 1.807) is 24.3 Å². The van der Waals surface area contributed by atoms with Gasteiger partial charge in [-0.2, -0.15) is 10.2 Å². The van der Waals surface area contributed by atoms with Gasteiger partial charge in [0.1, 0.15) is 0 Å². The van der Waals surface area contributed by atoms with Crippen LogP contribution in [-0.4, -0.2) is 43.7 Å². The summed E-state index contributed by atoms with van der Waals surface area (Å²) in [6.07, 6.45) is 4.87. The van der Waals surface area contributed by atoms with Gasteiger partial charge in [-0.05, 0) is 94.8 Å². The molecule has 0 aliphatic carbocycles. The molecule has 2 aromatic heterocycles. The Kier molecular flexibility index (Phi) is 11.4. The van der Waals surface area contributed by atoms with Gasteiger partial charge in [-0.25, -0.2) is 9.59 Å². The van der Waals surface area contributed by atoms with Crippen molar-refractivity contribution in [2.24, 2.45) is 0 Å². The molecule has 2 heterocycles. The number of ether oxygens (including phenoxy) is 1. The van der Waals surface area contributed by atoms with Crippen LogP contribution in [0.4, 0.5) is 0 Å². The number of aromatic nitrogens is 4. The lowest BCUT2D eigenvalue weighted by atomic mass is 9.99. The molecule has 8 rings (SSSR count). The summed E-state index contributed by atoms with van der Waals surface area (Å²) < 4.78 is 8.86. The van der Waals surface area contributed by atoms with Crippen LogP contribution in [0.3, 0.4) is 0 Å². The first-order valence-electron chi connectivity index (χ1n) is 17.6. The first kappa shape index (κ1) is 37.1. The van der Waals surface area contributed by atoms with Crippen molar-refractivity contribution in [2.45, 2.75) is 25.9 Å². The Morgan fingerprint density at radius 1 is 0.582 bits per heavy atom. The number of carboxylic acid groups (broad SMARTS) is 1. The van der Waals surface area contributed by atoms with Crippen molar-refractivity contribution < 1.29 is 19.4 Å². The average molecular weight is 768 g/mol. The molecule has 0 amide bonds. The number of carbonyl (C=O) groups is 2. The Balaban J connectivity index is 0.000000169. The number of nitrogens with zero attached hydrogens (tertiary/aromatic N) is 4. The van der Waals surface area contributed by atoms with Crippen molar-refractivity contribution in [3.8, 4) is 0 Å². The van der Waals surface area contributed by atoms with Gasteiger partial charge in [0.15, 0.2) is 0 Å². The van der Waals surface area contributed by atoms with Gasteiger partial charge in [0.25, 0.3) is 0 Å². The third-order valence-electron chi connectivity index (χ3n) is 9.33. The molecule has 0 aliphatic rings. The number of carboxylic acids is 1.